The lowest BCUT2D eigenvalue weighted by Gasteiger charge is -2.04. The molecule has 13 heavy (non-hydrogen) atoms. The van der Waals surface area contributed by atoms with Crippen molar-refractivity contribution in [2.24, 2.45) is 0 Å². The standard InChI is InChI=1S/C12H24O/c1-3-9-12(4-2)10-7-5-6-8-11-13/h4,13H,3,5-11H2,1-2H3/b12-4+. The molecular formula is C12H24O. The van der Waals surface area contributed by atoms with Crippen LogP contribution in [0.1, 0.15) is 58.8 Å². The highest BCUT2D eigenvalue weighted by Crippen LogP contribution is 2.14. The maximum atomic E-state index is 8.59. The van der Waals surface area contributed by atoms with Crippen molar-refractivity contribution >= 4 is 0 Å². The molecule has 78 valence electrons. The molecule has 0 rings (SSSR count). The summed E-state index contributed by atoms with van der Waals surface area (Å²) in [6.07, 6.45) is 10.7. The van der Waals surface area contributed by atoms with Crippen LogP contribution in [0.25, 0.3) is 0 Å². The normalized spacial score (nSPS) is 12.1. The van der Waals surface area contributed by atoms with Gasteiger partial charge in [0.15, 0.2) is 0 Å². The van der Waals surface area contributed by atoms with Gasteiger partial charge in [-0.3, -0.25) is 0 Å². The van der Waals surface area contributed by atoms with Crippen LogP contribution in [0.5, 0.6) is 0 Å². The molecule has 0 aromatic carbocycles. The highest BCUT2D eigenvalue weighted by Gasteiger charge is 1.95. The molecular weight excluding hydrogens is 160 g/mol. The first-order valence-corrected chi connectivity index (χ1v) is 5.60. The fourth-order valence-corrected chi connectivity index (χ4v) is 1.55. The molecule has 0 aromatic rings. The van der Waals surface area contributed by atoms with Crippen molar-refractivity contribution in [1.82, 2.24) is 0 Å². The predicted octanol–water partition coefficient (Wildman–Crippen LogP) is 3.68. The summed E-state index contributed by atoms with van der Waals surface area (Å²) in [5.74, 6) is 0. The van der Waals surface area contributed by atoms with E-state index in [2.05, 4.69) is 19.9 Å². The first kappa shape index (κ1) is 12.7. The van der Waals surface area contributed by atoms with E-state index in [-0.39, 0.29) is 0 Å². The van der Waals surface area contributed by atoms with Gasteiger partial charge in [0.2, 0.25) is 0 Å². The van der Waals surface area contributed by atoms with Crippen LogP contribution in [0.3, 0.4) is 0 Å². The average molecular weight is 184 g/mol. The van der Waals surface area contributed by atoms with E-state index in [9.17, 15) is 0 Å². The zero-order chi connectivity index (χ0) is 9.94. The van der Waals surface area contributed by atoms with Gasteiger partial charge in [-0.25, -0.2) is 0 Å². The van der Waals surface area contributed by atoms with E-state index in [1.807, 2.05) is 0 Å². The fraction of sp³-hybridized carbons (Fsp3) is 0.833. The van der Waals surface area contributed by atoms with E-state index in [1.54, 1.807) is 5.57 Å². The maximum Gasteiger partial charge on any atom is 0.0431 e. The van der Waals surface area contributed by atoms with Gasteiger partial charge < -0.3 is 5.11 Å². The topological polar surface area (TPSA) is 20.2 Å². The summed E-state index contributed by atoms with van der Waals surface area (Å²) >= 11 is 0. The molecule has 0 bridgehead atoms. The molecule has 0 saturated heterocycles. The quantitative estimate of drug-likeness (QED) is 0.451. The van der Waals surface area contributed by atoms with Gasteiger partial charge in [0.25, 0.3) is 0 Å². The molecule has 0 aliphatic rings. The van der Waals surface area contributed by atoms with Gasteiger partial charge in [-0.05, 0) is 32.6 Å². The molecule has 1 heteroatoms. The Morgan fingerprint density at radius 3 is 2.31 bits per heavy atom. The molecule has 0 saturated carbocycles. The van der Waals surface area contributed by atoms with Gasteiger partial charge in [0, 0.05) is 6.61 Å². The van der Waals surface area contributed by atoms with Crippen molar-refractivity contribution in [2.45, 2.75) is 58.8 Å². The van der Waals surface area contributed by atoms with E-state index < -0.39 is 0 Å². The number of aliphatic hydroxyl groups excluding tert-OH is 1. The average Bonchev–Trinajstić information content (AvgIpc) is 2.16. The number of unbranched alkanes of at least 4 members (excludes halogenated alkanes) is 3. The third-order valence-corrected chi connectivity index (χ3v) is 2.39. The van der Waals surface area contributed by atoms with Crippen molar-refractivity contribution in [2.75, 3.05) is 6.61 Å². The van der Waals surface area contributed by atoms with Crippen molar-refractivity contribution in [3.8, 4) is 0 Å². The molecule has 1 N–H and O–H groups in total. The Balaban J connectivity index is 3.29. The van der Waals surface area contributed by atoms with E-state index in [0.717, 1.165) is 6.42 Å². The van der Waals surface area contributed by atoms with Crippen LogP contribution >= 0.6 is 0 Å². The van der Waals surface area contributed by atoms with Crippen LogP contribution in [0.15, 0.2) is 11.6 Å². The summed E-state index contributed by atoms with van der Waals surface area (Å²) in [6, 6.07) is 0. The van der Waals surface area contributed by atoms with Crippen LogP contribution in [-0.2, 0) is 0 Å². The van der Waals surface area contributed by atoms with Crippen LogP contribution in [0.4, 0.5) is 0 Å². The molecule has 0 aromatic heterocycles. The van der Waals surface area contributed by atoms with Gasteiger partial charge in [0.1, 0.15) is 0 Å². The smallest absolute Gasteiger partial charge is 0.0431 e. The minimum absolute atomic E-state index is 0.353. The summed E-state index contributed by atoms with van der Waals surface area (Å²) in [5, 5.41) is 8.59. The Hall–Kier alpha value is -0.300. The number of hydrogen-bond donors (Lipinski definition) is 1. The summed E-state index contributed by atoms with van der Waals surface area (Å²) in [6.45, 7) is 4.72. The minimum Gasteiger partial charge on any atom is -0.396 e. The fourth-order valence-electron chi connectivity index (χ4n) is 1.55. The molecule has 0 aliphatic heterocycles. The number of rotatable bonds is 8. The molecule has 1 nitrogen and oxygen atoms in total. The zero-order valence-electron chi connectivity index (χ0n) is 9.18. The lowest BCUT2D eigenvalue weighted by Crippen LogP contribution is -1.86. The number of hydrogen-bond acceptors (Lipinski definition) is 1. The molecule has 0 amide bonds. The summed E-state index contributed by atoms with van der Waals surface area (Å²) in [5.41, 5.74) is 1.60. The molecule has 0 unspecified atom stereocenters. The maximum absolute atomic E-state index is 8.59. The van der Waals surface area contributed by atoms with Gasteiger partial charge >= 0.3 is 0 Å². The monoisotopic (exact) mass is 184 g/mol. The Morgan fingerprint density at radius 1 is 1.08 bits per heavy atom. The van der Waals surface area contributed by atoms with Gasteiger partial charge in [0.05, 0.1) is 0 Å². The third-order valence-electron chi connectivity index (χ3n) is 2.39. The van der Waals surface area contributed by atoms with Crippen LogP contribution in [0, 0.1) is 0 Å². The molecule has 0 spiro atoms. The van der Waals surface area contributed by atoms with Crippen LogP contribution in [0.2, 0.25) is 0 Å². The number of allylic oxidation sites excluding steroid dienone is 2. The third kappa shape index (κ3) is 8.04. The Bertz CT molecular complexity index is 127. The van der Waals surface area contributed by atoms with E-state index in [4.69, 9.17) is 5.11 Å². The second kappa shape index (κ2) is 9.79. The van der Waals surface area contributed by atoms with Gasteiger partial charge in [-0.2, -0.15) is 0 Å². The molecule has 0 fully saturated rings. The molecule has 0 radical (unpaired) electrons. The minimum atomic E-state index is 0.353. The first-order chi connectivity index (χ1) is 6.35. The summed E-state index contributed by atoms with van der Waals surface area (Å²) in [7, 11) is 0. The Morgan fingerprint density at radius 2 is 1.77 bits per heavy atom. The second-order valence-electron chi connectivity index (χ2n) is 3.58. The lowest BCUT2D eigenvalue weighted by molar-refractivity contribution is 0.282. The van der Waals surface area contributed by atoms with E-state index in [0.29, 0.717) is 6.61 Å². The lowest BCUT2D eigenvalue weighted by atomic mass is 10.0. The molecule has 0 atom stereocenters. The highest BCUT2D eigenvalue weighted by molar-refractivity contribution is 4.99. The van der Waals surface area contributed by atoms with E-state index >= 15 is 0 Å². The predicted molar refractivity (Wildman–Crippen MR) is 58.8 cm³/mol. The Kier molecular flexibility index (Phi) is 9.56. The molecule has 0 heterocycles. The largest absolute Gasteiger partial charge is 0.396 e. The van der Waals surface area contributed by atoms with Gasteiger partial charge in [-0.1, -0.05) is 37.8 Å². The van der Waals surface area contributed by atoms with E-state index in [1.165, 1.54) is 38.5 Å². The summed E-state index contributed by atoms with van der Waals surface area (Å²) < 4.78 is 0. The van der Waals surface area contributed by atoms with Crippen LogP contribution < -0.4 is 0 Å². The zero-order valence-corrected chi connectivity index (χ0v) is 9.18. The van der Waals surface area contributed by atoms with Crippen molar-refractivity contribution in [1.29, 1.82) is 0 Å². The Labute approximate surface area is 82.9 Å². The van der Waals surface area contributed by atoms with Crippen molar-refractivity contribution in [3.63, 3.8) is 0 Å². The molecule has 0 aliphatic carbocycles. The van der Waals surface area contributed by atoms with Crippen molar-refractivity contribution < 1.29 is 5.11 Å². The van der Waals surface area contributed by atoms with Crippen molar-refractivity contribution in [3.05, 3.63) is 11.6 Å². The SMILES string of the molecule is C/C=C(\CCC)CCCCCCO. The number of aliphatic hydroxyl groups is 1. The summed E-state index contributed by atoms with van der Waals surface area (Å²) in [4.78, 5) is 0. The highest BCUT2D eigenvalue weighted by atomic mass is 16.2. The first-order valence-electron chi connectivity index (χ1n) is 5.60. The second-order valence-corrected chi connectivity index (χ2v) is 3.58. The van der Waals surface area contributed by atoms with Crippen LogP contribution in [-0.4, -0.2) is 11.7 Å². The van der Waals surface area contributed by atoms with Gasteiger partial charge in [-0.15, -0.1) is 0 Å².